The van der Waals surface area contributed by atoms with Crippen LogP contribution >= 0.6 is 0 Å². The van der Waals surface area contributed by atoms with Gasteiger partial charge in [-0.15, -0.1) is 0 Å². The Morgan fingerprint density at radius 1 is 1.16 bits per heavy atom. The molecule has 0 aromatic heterocycles. The first kappa shape index (κ1) is 14.4. The van der Waals surface area contributed by atoms with Crippen LogP contribution in [0.25, 0.3) is 0 Å². The van der Waals surface area contributed by atoms with E-state index in [2.05, 4.69) is 30.9 Å². The average Bonchev–Trinajstić information content (AvgIpc) is 2.63. The number of nitrogen functional groups attached to an aromatic ring is 1. The Kier molecular flexibility index (Phi) is 5.26. The summed E-state index contributed by atoms with van der Waals surface area (Å²) in [4.78, 5) is 2.64. The van der Waals surface area contributed by atoms with Gasteiger partial charge in [-0.05, 0) is 68.3 Å². The van der Waals surface area contributed by atoms with E-state index in [1.807, 2.05) is 12.1 Å². The van der Waals surface area contributed by atoms with Crippen molar-refractivity contribution in [3.63, 3.8) is 0 Å². The maximum Gasteiger partial charge on any atom is 0.0314 e. The van der Waals surface area contributed by atoms with Gasteiger partial charge < -0.3 is 10.6 Å². The topological polar surface area (TPSA) is 29.3 Å². The lowest BCUT2D eigenvalue weighted by Gasteiger charge is -2.21. The van der Waals surface area contributed by atoms with Crippen molar-refractivity contribution in [1.82, 2.24) is 4.90 Å². The molecule has 2 nitrogen and oxygen atoms in total. The Labute approximate surface area is 118 Å². The first-order valence-electron chi connectivity index (χ1n) is 7.72. The highest BCUT2D eigenvalue weighted by Gasteiger charge is 2.19. The van der Waals surface area contributed by atoms with Gasteiger partial charge in [0.15, 0.2) is 0 Å². The Balaban J connectivity index is 1.78. The zero-order chi connectivity index (χ0) is 13.7. The average molecular weight is 260 g/mol. The number of hydrogen-bond acceptors (Lipinski definition) is 2. The van der Waals surface area contributed by atoms with Crippen LogP contribution in [-0.2, 0) is 6.42 Å². The molecule has 106 valence electrons. The van der Waals surface area contributed by atoms with Gasteiger partial charge in [-0.25, -0.2) is 0 Å². The normalized spacial score (nSPS) is 21.5. The van der Waals surface area contributed by atoms with Gasteiger partial charge in [0, 0.05) is 12.2 Å². The third-order valence-corrected chi connectivity index (χ3v) is 4.50. The number of nitrogens with zero attached hydrogens (tertiary/aromatic N) is 1. The van der Waals surface area contributed by atoms with Gasteiger partial charge >= 0.3 is 0 Å². The number of likely N-dealkylation sites (tertiary alicyclic amines) is 1. The molecule has 0 radical (unpaired) electrons. The highest BCUT2D eigenvalue weighted by atomic mass is 15.1. The molecule has 19 heavy (non-hydrogen) atoms. The van der Waals surface area contributed by atoms with E-state index in [4.69, 9.17) is 5.73 Å². The molecule has 0 bridgehead atoms. The maximum atomic E-state index is 5.72. The molecule has 1 unspecified atom stereocenters. The zero-order valence-electron chi connectivity index (χ0n) is 12.4. The second-order valence-corrected chi connectivity index (χ2v) is 6.27. The molecule has 0 saturated carbocycles. The number of hydrogen-bond donors (Lipinski definition) is 1. The Morgan fingerprint density at radius 2 is 1.89 bits per heavy atom. The molecule has 0 amide bonds. The third kappa shape index (κ3) is 4.54. The van der Waals surface area contributed by atoms with E-state index in [-0.39, 0.29) is 0 Å². The lowest BCUT2D eigenvalue weighted by molar-refractivity contribution is 0.275. The van der Waals surface area contributed by atoms with Crippen molar-refractivity contribution in [2.24, 2.45) is 11.8 Å². The molecule has 1 saturated heterocycles. The largest absolute Gasteiger partial charge is 0.399 e. The van der Waals surface area contributed by atoms with Crippen molar-refractivity contribution in [1.29, 1.82) is 0 Å². The molecule has 1 atom stereocenters. The predicted octanol–water partition coefficient (Wildman–Crippen LogP) is 3.57. The number of nitrogens with two attached hydrogens (primary N) is 1. The molecule has 1 aromatic rings. The summed E-state index contributed by atoms with van der Waals surface area (Å²) in [5, 5.41) is 0. The summed E-state index contributed by atoms with van der Waals surface area (Å²) in [5.41, 5.74) is 7.98. The van der Waals surface area contributed by atoms with Crippen molar-refractivity contribution >= 4 is 5.69 Å². The third-order valence-electron chi connectivity index (χ3n) is 4.50. The van der Waals surface area contributed by atoms with Crippen LogP contribution in [0.5, 0.6) is 0 Å². The molecular weight excluding hydrogens is 232 g/mol. The Hall–Kier alpha value is -1.02. The van der Waals surface area contributed by atoms with E-state index >= 15 is 0 Å². The van der Waals surface area contributed by atoms with E-state index in [1.165, 1.54) is 44.5 Å². The van der Waals surface area contributed by atoms with Crippen LogP contribution < -0.4 is 5.73 Å². The molecule has 2 heteroatoms. The Morgan fingerprint density at radius 3 is 2.58 bits per heavy atom. The lowest BCUT2D eigenvalue weighted by Crippen LogP contribution is -2.27. The van der Waals surface area contributed by atoms with Gasteiger partial charge in [-0.3, -0.25) is 0 Å². The van der Waals surface area contributed by atoms with Crippen LogP contribution in [-0.4, -0.2) is 24.5 Å². The van der Waals surface area contributed by atoms with Crippen LogP contribution in [0.4, 0.5) is 5.69 Å². The lowest BCUT2D eigenvalue weighted by atomic mass is 9.89. The standard InChI is InChI=1S/C17H28N2/c1-14(2)16-4-3-11-19(13-10-16)12-9-15-5-7-17(18)8-6-15/h5-8,14,16H,3-4,9-13,18H2,1-2H3. The summed E-state index contributed by atoms with van der Waals surface area (Å²) >= 11 is 0. The zero-order valence-corrected chi connectivity index (χ0v) is 12.4. The summed E-state index contributed by atoms with van der Waals surface area (Å²) in [6.07, 6.45) is 5.30. The minimum absolute atomic E-state index is 0.844. The van der Waals surface area contributed by atoms with Gasteiger partial charge in [0.2, 0.25) is 0 Å². The molecule has 1 heterocycles. The van der Waals surface area contributed by atoms with Crippen molar-refractivity contribution < 1.29 is 0 Å². The van der Waals surface area contributed by atoms with Crippen molar-refractivity contribution in [3.05, 3.63) is 29.8 Å². The number of rotatable bonds is 4. The molecule has 1 aromatic carbocycles. The number of benzene rings is 1. The van der Waals surface area contributed by atoms with Crippen molar-refractivity contribution in [3.8, 4) is 0 Å². The van der Waals surface area contributed by atoms with Gasteiger partial charge in [0.25, 0.3) is 0 Å². The van der Waals surface area contributed by atoms with E-state index in [1.54, 1.807) is 0 Å². The summed E-state index contributed by atoms with van der Waals surface area (Å²) in [5.74, 6) is 1.78. The predicted molar refractivity (Wildman–Crippen MR) is 83.2 cm³/mol. The summed E-state index contributed by atoms with van der Waals surface area (Å²) in [6, 6.07) is 8.33. The second-order valence-electron chi connectivity index (χ2n) is 6.27. The van der Waals surface area contributed by atoms with E-state index < -0.39 is 0 Å². The fraction of sp³-hybridized carbons (Fsp3) is 0.647. The van der Waals surface area contributed by atoms with Gasteiger partial charge in [-0.2, -0.15) is 0 Å². The molecule has 2 N–H and O–H groups in total. The van der Waals surface area contributed by atoms with E-state index in [9.17, 15) is 0 Å². The van der Waals surface area contributed by atoms with Crippen LogP contribution in [0.1, 0.15) is 38.7 Å². The molecule has 1 aliphatic heterocycles. The first-order valence-corrected chi connectivity index (χ1v) is 7.72. The highest BCUT2D eigenvalue weighted by molar-refractivity contribution is 5.39. The van der Waals surface area contributed by atoms with Crippen LogP contribution in [0.2, 0.25) is 0 Å². The minimum Gasteiger partial charge on any atom is -0.399 e. The smallest absolute Gasteiger partial charge is 0.0314 e. The van der Waals surface area contributed by atoms with E-state index in [0.717, 1.165) is 23.9 Å². The fourth-order valence-electron chi connectivity index (χ4n) is 3.04. The molecule has 1 aliphatic rings. The van der Waals surface area contributed by atoms with Crippen LogP contribution in [0, 0.1) is 11.8 Å². The van der Waals surface area contributed by atoms with Gasteiger partial charge in [0.1, 0.15) is 0 Å². The molecular formula is C17H28N2. The maximum absolute atomic E-state index is 5.72. The highest BCUT2D eigenvalue weighted by Crippen LogP contribution is 2.24. The summed E-state index contributed by atoms with van der Waals surface area (Å²) < 4.78 is 0. The summed E-state index contributed by atoms with van der Waals surface area (Å²) in [7, 11) is 0. The quantitative estimate of drug-likeness (QED) is 0.839. The molecule has 0 aliphatic carbocycles. The SMILES string of the molecule is CC(C)C1CCCN(CCc2ccc(N)cc2)CC1. The first-order chi connectivity index (χ1) is 9.15. The van der Waals surface area contributed by atoms with Crippen molar-refractivity contribution in [2.75, 3.05) is 25.4 Å². The Bertz CT molecular complexity index is 369. The van der Waals surface area contributed by atoms with Crippen molar-refractivity contribution in [2.45, 2.75) is 39.5 Å². The van der Waals surface area contributed by atoms with Gasteiger partial charge in [0.05, 0.1) is 0 Å². The van der Waals surface area contributed by atoms with E-state index in [0.29, 0.717) is 0 Å². The summed E-state index contributed by atoms with van der Waals surface area (Å²) in [6.45, 7) is 8.48. The number of anilines is 1. The monoisotopic (exact) mass is 260 g/mol. The van der Waals surface area contributed by atoms with Gasteiger partial charge in [-0.1, -0.05) is 26.0 Å². The van der Waals surface area contributed by atoms with Crippen LogP contribution in [0.3, 0.4) is 0 Å². The van der Waals surface area contributed by atoms with Crippen LogP contribution in [0.15, 0.2) is 24.3 Å². The molecule has 0 spiro atoms. The minimum atomic E-state index is 0.844. The molecule has 2 rings (SSSR count). The fourth-order valence-corrected chi connectivity index (χ4v) is 3.04. The molecule has 1 fully saturated rings. The second kappa shape index (κ2) is 6.95.